The molecule has 0 unspecified atom stereocenters. The molecule has 0 fully saturated rings. The smallest absolute Gasteiger partial charge is 0.230 e. The molecule has 1 aromatic heterocycles. The van der Waals surface area contributed by atoms with Crippen molar-refractivity contribution >= 4 is 0 Å². The lowest BCUT2D eigenvalue weighted by molar-refractivity contribution is 0.0382. The van der Waals surface area contributed by atoms with E-state index in [0.29, 0.717) is 31.3 Å². The van der Waals surface area contributed by atoms with E-state index in [2.05, 4.69) is 29.3 Å². The van der Waals surface area contributed by atoms with E-state index in [1.165, 1.54) is 11.1 Å². The molecule has 2 N–H and O–H groups in total. The lowest BCUT2D eigenvalue weighted by atomic mass is 9.92. The van der Waals surface area contributed by atoms with Crippen molar-refractivity contribution in [2.75, 3.05) is 26.8 Å². The van der Waals surface area contributed by atoms with E-state index < -0.39 is 5.41 Å². The zero-order valence-electron chi connectivity index (χ0n) is 14.0. The van der Waals surface area contributed by atoms with Crippen LogP contribution < -0.4 is 0 Å². The summed E-state index contributed by atoms with van der Waals surface area (Å²) in [5.41, 5.74) is 1.83. The normalized spacial score (nSPS) is 12.1. The van der Waals surface area contributed by atoms with Crippen molar-refractivity contribution in [3.8, 4) is 0 Å². The molecule has 1 aromatic carbocycles. The van der Waals surface area contributed by atoms with E-state index in [9.17, 15) is 10.2 Å². The summed E-state index contributed by atoms with van der Waals surface area (Å²) >= 11 is 0. The Balaban J connectivity index is 1.96. The van der Waals surface area contributed by atoms with Gasteiger partial charge in [0.2, 0.25) is 11.8 Å². The van der Waals surface area contributed by atoms with Crippen LogP contribution in [-0.4, -0.2) is 52.1 Å². The average Bonchev–Trinajstić information content (AvgIpc) is 2.96. The highest BCUT2D eigenvalue weighted by Crippen LogP contribution is 2.17. The number of rotatable bonds is 8. The third kappa shape index (κ3) is 4.86. The SMILES string of the molecule is Cc1ccccc1Cc1nnc(CN(C)CC(C)(CO)CO)o1. The number of aryl methyl sites for hydroxylation is 1. The van der Waals surface area contributed by atoms with Crippen molar-refractivity contribution < 1.29 is 14.6 Å². The first-order valence-electron chi connectivity index (χ1n) is 7.72. The van der Waals surface area contributed by atoms with Gasteiger partial charge in [0.05, 0.1) is 26.2 Å². The number of benzene rings is 1. The van der Waals surface area contributed by atoms with Crippen LogP contribution in [0.5, 0.6) is 0 Å². The highest BCUT2D eigenvalue weighted by Gasteiger charge is 2.25. The van der Waals surface area contributed by atoms with Crippen molar-refractivity contribution in [2.45, 2.75) is 26.8 Å². The Morgan fingerprint density at radius 1 is 1.13 bits per heavy atom. The summed E-state index contributed by atoms with van der Waals surface area (Å²) in [7, 11) is 1.90. The Bertz CT molecular complexity index is 623. The minimum Gasteiger partial charge on any atom is -0.424 e. The zero-order chi connectivity index (χ0) is 16.9. The molecule has 0 aliphatic carbocycles. The minimum absolute atomic E-state index is 0.0732. The van der Waals surface area contributed by atoms with Gasteiger partial charge in [-0.1, -0.05) is 31.2 Å². The summed E-state index contributed by atoms with van der Waals surface area (Å²) in [5.74, 6) is 1.13. The van der Waals surface area contributed by atoms with E-state index in [1.807, 2.05) is 31.0 Å². The second-order valence-corrected chi connectivity index (χ2v) is 6.49. The first-order valence-corrected chi connectivity index (χ1v) is 7.72. The number of aliphatic hydroxyl groups is 2. The van der Waals surface area contributed by atoms with Crippen molar-refractivity contribution in [3.63, 3.8) is 0 Å². The topological polar surface area (TPSA) is 82.6 Å². The Morgan fingerprint density at radius 2 is 1.78 bits per heavy atom. The van der Waals surface area contributed by atoms with Gasteiger partial charge in [-0.05, 0) is 25.1 Å². The van der Waals surface area contributed by atoms with Gasteiger partial charge >= 0.3 is 0 Å². The molecule has 0 aliphatic rings. The number of aromatic nitrogens is 2. The van der Waals surface area contributed by atoms with E-state index in [-0.39, 0.29) is 13.2 Å². The van der Waals surface area contributed by atoms with Crippen LogP contribution in [0, 0.1) is 12.3 Å². The minimum atomic E-state index is -0.543. The third-order valence-electron chi connectivity index (χ3n) is 3.93. The molecule has 0 saturated heterocycles. The van der Waals surface area contributed by atoms with Crippen molar-refractivity contribution in [2.24, 2.45) is 5.41 Å². The third-order valence-corrected chi connectivity index (χ3v) is 3.93. The zero-order valence-corrected chi connectivity index (χ0v) is 14.0. The molecule has 126 valence electrons. The number of nitrogens with zero attached hydrogens (tertiary/aromatic N) is 3. The molecule has 6 nitrogen and oxygen atoms in total. The molecule has 0 aliphatic heterocycles. The molecule has 1 heterocycles. The van der Waals surface area contributed by atoms with Crippen LogP contribution in [0.1, 0.15) is 29.8 Å². The maximum absolute atomic E-state index is 9.36. The molecule has 2 aromatic rings. The molecular formula is C17H25N3O3. The average molecular weight is 319 g/mol. The first kappa shape index (κ1) is 17.6. The van der Waals surface area contributed by atoms with Crippen molar-refractivity contribution in [1.29, 1.82) is 0 Å². The van der Waals surface area contributed by atoms with Gasteiger partial charge in [0, 0.05) is 12.0 Å². The van der Waals surface area contributed by atoms with Gasteiger partial charge in [-0.2, -0.15) is 0 Å². The van der Waals surface area contributed by atoms with Gasteiger partial charge in [-0.3, -0.25) is 4.90 Å². The maximum Gasteiger partial charge on any atom is 0.230 e. The quantitative estimate of drug-likeness (QED) is 0.765. The summed E-state index contributed by atoms with van der Waals surface area (Å²) in [6, 6.07) is 8.12. The highest BCUT2D eigenvalue weighted by molar-refractivity contribution is 5.27. The molecule has 6 heteroatoms. The van der Waals surface area contributed by atoms with E-state index in [0.717, 1.165) is 0 Å². The van der Waals surface area contributed by atoms with Crippen LogP contribution in [0.15, 0.2) is 28.7 Å². The fourth-order valence-electron chi connectivity index (χ4n) is 2.48. The lowest BCUT2D eigenvalue weighted by Crippen LogP contribution is -2.38. The fraction of sp³-hybridized carbons (Fsp3) is 0.529. The van der Waals surface area contributed by atoms with E-state index in [4.69, 9.17) is 4.42 Å². The summed E-state index contributed by atoms with van der Waals surface area (Å²) in [6.07, 6.45) is 0.619. The van der Waals surface area contributed by atoms with Crippen LogP contribution >= 0.6 is 0 Å². The molecule has 23 heavy (non-hydrogen) atoms. The van der Waals surface area contributed by atoms with Gasteiger partial charge in [-0.15, -0.1) is 10.2 Å². The summed E-state index contributed by atoms with van der Waals surface area (Å²) < 4.78 is 5.71. The molecule has 0 saturated carbocycles. The largest absolute Gasteiger partial charge is 0.424 e. The van der Waals surface area contributed by atoms with Gasteiger partial charge in [0.1, 0.15) is 0 Å². The van der Waals surface area contributed by atoms with E-state index >= 15 is 0 Å². The molecular weight excluding hydrogens is 294 g/mol. The maximum atomic E-state index is 9.36. The number of hydrogen-bond donors (Lipinski definition) is 2. The number of hydrogen-bond acceptors (Lipinski definition) is 6. The molecule has 2 rings (SSSR count). The molecule has 0 amide bonds. The Morgan fingerprint density at radius 3 is 2.43 bits per heavy atom. The molecule has 0 spiro atoms. The molecule has 0 radical (unpaired) electrons. The summed E-state index contributed by atoms with van der Waals surface area (Å²) in [5, 5.41) is 26.9. The monoisotopic (exact) mass is 319 g/mol. The first-order chi connectivity index (χ1) is 11.0. The van der Waals surface area contributed by atoms with Crippen LogP contribution in [0.4, 0.5) is 0 Å². The van der Waals surface area contributed by atoms with Crippen LogP contribution in [0.25, 0.3) is 0 Å². The van der Waals surface area contributed by atoms with Crippen LogP contribution in [-0.2, 0) is 13.0 Å². The number of aliphatic hydroxyl groups excluding tert-OH is 2. The second kappa shape index (κ2) is 7.68. The van der Waals surface area contributed by atoms with Crippen molar-refractivity contribution in [3.05, 3.63) is 47.2 Å². The summed E-state index contributed by atoms with van der Waals surface area (Å²) in [4.78, 5) is 1.96. The Hall–Kier alpha value is -1.76. The van der Waals surface area contributed by atoms with Gasteiger partial charge < -0.3 is 14.6 Å². The predicted molar refractivity (Wildman–Crippen MR) is 86.9 cm³/mol. The summed E-state index contributed by atoms with van der Waals surface area (Å²) in [6.45, 7) is 4.77. The van der Waals surface area contributed by atoms with Gasteiger partial charge in [0.15, 0.2) is 0 Å². The lowest BCUT2D eigenvalue weighted by Gasteiger charge is -2.29. The van der Waals surface area contributed by atoms with Gasteiger partial charge in [0.25, 0.3) is 0 Å². The van der Waals surface area contributed by atoms with Gasteiger partial charge in [-0.25, -0.2) is 0 Å². The van der Waals surface area contributed by atoms with Crippen molar-refractivity contribution in [1.82, 2.24) is 15.1 Å². The standard InChI is InChI=1S/C17H25N3O3/c1-13-6-4-5-7-14(13)8-15-18-19-16(23-15)9-20(3)10-17(2,11-21)12-22/h4-7,21-22H,8-12H2,1-3H3. The second-order valence-electron chi connectivity index (χ2n) is 6.49. The Labute approximate surface area is 136 Å². The van der Waals surface area contributed by atoms with Crippen LogP contribution in [0.2, 0.25) is 0 Å². The van der Waals surface area contributed by atoms with Crippen LogP contribution in [0.3, 0.4) is 0 Å². The molecule has 0 atom stereocenters. The Kier molecular flexibility index (Phi) is 5.87. The molecule has 0 bridgehead atoms. The van der Waals surface area contributed by atoms with E-state index in [1.54, 1.807) is 0 Å². The fourth-order valence-corrected chi connectivity index (χ4v) is 2.48. The predicted octanol–water partition coefficient (Wildman–Crippen LogP) is 1.39. The highest BCUT2D eigenvalue weighted by atomic mass is 16.4.